The number of benzene rings is 1. The summed E-state index contributed by atoms with van der Waals surface area (Å²) in [5.74, 6) is -4.84. The normalized spacial score (nSPS) is 10.7. The summed E-state index contributed by atoms with van der Waals surface area (Å²) in [5.41, 5.74) is -0.343. The molecule has 0 amide bonds. The third-order valence-corrected chi connectivity index (χ3v) is 1.49. The molecule has 0 atom stereocenters. The molecule has 0 aliphatic rings. The van der Waals surface area contributed by atoms with Crippen LogP contribution in [0.2, 0.25) is 0 Å². The lowest BCUT2D eigenvalue weighted by molar-refractivity contribution is -0.142. The third kappa shape index (κ3) is 3.26. The third-order valence-electron chi connectivity index (χ3n) is 1.49. The number of carboxylic acids is 1. The number of carboxylic acid groups (broad SMARTS) is 1. The lowest BCUT2D eigenvalue weighted by Gasteiger charge is -1.98. The van der Waals surface area contributed by atoms with Gasteiger partial charge in [-0.25, -0.2) is 18.0 Å². The minimum Gasteiger partial charge on any atom is -0.479 e. The molecule has 0 aliphatic carbocycles. The first-order chi connectivity index (χ1) is 7.50. The standard InChI is InChI=1S/C9H6F3NO3/c10-6-2-8(12)7(11)1-5(6)3-13-16-4-9(14)15/h1-3H,4H2,(H,14,15)/b13-3+. The molecule has 0 saturated heterocycles. The van der Waals surface area contributed by atoms with Crippen molar-refractivity contribution in [2.45, 2.75) is 0 Å². The predicted octanol–water partition coefficient (Wildman–Crippen LogP) is 1.54. The lowest BCUT2D eigenvalue weighted by Crippen LogP contribution is -2.03. The highest BCUT2D eigenvalue weighted by Gasteiger charge is 2.08. The van der Waals surface area contributed by atoms with Crippen molar-refractivity contribution in [1.29, 1.82) is 0 Å². The highest BCUT2D eigenvalue weighted by Crippen LogP contribution is 2.11. The molecule has 86 valence electrons. The van der Waals surface area contributed by atoms with Crippen LogP contribution in [0, 0.1) is 17.5 Å². The van der Waals surface area contributed by atoms with Crippen LogP contribution >= 0.6 is 0 Å². The fourth-order valence-electron chi connectivity index (χ4n) is 0.823. The Morgan fingerprint density at radius 1 is 1.31 bits per heavy atom. The number of hydrogen-bond acceptors (Lipinski definition) is 3. The monoisotopic (exact) mass is 233 g/mol. The van der Waals surface area contributed by atoms with Crippen molar-refractivity contribution in [3.8, 4) is 0 Å². The van der Waals surface area contributed by atoms with Gasteiger partial charge in [0.25, 0.3) is 0 Å². The molecule has 0 heterocycles. The Kier molecular flexibility index (Phi) is 3.87. The molecule has 1 aromatic rings. The number of nitrogens with zero attached hydrogens (tertiary/aromatic N) is 1. The van der Waals surface area contributed by atoms with Crippen LogP contribution < -0.4 is 0 Å². The summed E-state index contributed by atoms with van der Waals surface area (Å²) in [6, 6.07) is 0.937. The van der Waals surface area contributed by atoms with Crippen molar-refractivity contribution < 1.29 is 27.9 Å². The van der Waals surface area contributed by atoms with Crippen LogP contribution in [0.15, 0.2) is 17.3 Å². The molecule has 0 bridgehead atoms. The molecular formula is C9H6F3NO3. The molecule has 1 aromatic carbocycles. The molecule has 0 radical (unpaired) electrons. The van der Waals surface area contributed by atoms with E-state index in [-0.39, 0.29) is 5.56 Å². The van der Waals surface area contributed by atoms with Crippen LogP contribution in [0.4, 0.5) is 13.2 Å². The van der Waals surface area contributed by atoms with Crippen LogP contribution in [-0.4, -0.2) is 23.9 Å². The van der Waals surface area contributed by atoms with E-state index in [9.17, 15) is 18.0 Å². The fourth-order valence-corrected chi connectivity index (χ4v) is 0.823. The van der Waals surface area contributed by atoms with Gasteiger partial charge in [0, 0.05) is 11.6 Å². The summed E-state index contributed by atoms with van der Waals surface area (Å²) in [6.45, 7) is -0.707. The van der Waals surface area contributed by atoms with Crippen molar-refractivity contribution in [2.24, 2.45) is 5.16 Å². The second kappa shape index (κ2) is 5.15. The van der Waals surface area contributed by atoms with E-state index in [1.807, 2.05) is 0 Å². The van der Waals surface area contributed by atoms with E-state index in [2.05, 4.69) is 9.99 Å². The average molecular weight is 233 g/mol. The number of oxime groups is 1. The van der Waals surface area contributed by atoms with Crippen LogP contribution in [-0.2, 0) is 9.63 Å². The summed E-state index contributed by atoms with van der Waals surface area (Å²) < 4.78 is 38.1. The molecule has 0 aromatic heterocycles. The molecule has 16 heavy (non-hydrogen) atoms. The van der Waals surface area contributed by atoms with Gasteiger partial charge in [-0.1, -0.05) is 5.16 Å². The molecule has 0 fully saturated rings. The van der Waals surface area contributed by atoms with E-state index in [1.165, 1.54) is 0 Å². The SMILES string of the molecule is O=C(O)CO/N=C/c1cc(F)c(F)cc1F. The van der Waals surface area contributed by atoms with Gasteiger partial charge >= 0.3 is 5.97 Å². The van der Waals surface area contributed by atoms with Gasteiger partial charge < -0.3 is 9.94 Å². The van der Waals surface area contributed by atoms with Crippen LogP contribution in [0.5, 0.6) is 0 Å². The molecule has 1 N–H and O–H groups in total. The number of halogens is 3. The van der Waals surface area contributed by atoms with Gasteiger partial charge in [0.05, 0.1) is 6.21 Å². The zero-order valence-corrected chi connectivity index (χ0v) is 7.78. The highest BCUT2D eigenvalue weighted by atomic mass is 19.2. The van der Waals surface area contributed by atoms with E-state index in [0.29, 0.717) is 12.1 Å². The zero-order valence-electron chi connectivity index (χ0n) is 7.78. The Balaban J connectivity index is 2.73. The van der Waals surface area contributed by atoms with Crippen molar-refractivity contribution in [2.75, 3.05) is 6.61 Å². The largest absolute Gasteiger partial charge is 0.479 e. The smallest absolute Gasteiger partial charge is 0.344 e. The maximum Gasteiger partial charge on any atom is 0.344 e. The average Bonchev–Trinajstić information content (AvgIpc) is 2.19. The van der Waals surface area contributed by atoms with Crippen molar-refractivity contribution in [1.82, 2.24) is 0 Å². The Hall–Kier alpha value is -2.05. The van der Waals surface area contributed by atoms with Gasteiger partial charge in [0.15, 0.2) is 11.6 Å². The van der Waals surface area contributed by atoms with Gasteiger partial charge in [0.2, 0.25) is 6.61 Å². The molecular weight excluding hydrogens is 227 g/mol. The Labute approximate surface area is 87.9 Å². The van der Waals surface area contributed by atoms with E-state index >= 15 is 0 Å². The number of aliphatic carboxylic acids is 1. The molecule has 0 unspecified atom stereocenters. The van der Waals surface area contributed by atoms with Gasteiger partial charge in [0.1, 0.15) is 5.82 Å². The van der Waals surface area contributed by atoms with Crippen LogP contribution in [0.3, 0.4) is 0 Å². The number of hydrogen-bond donors (Lipinski definition) is 1. The summed E-state index contributed by atoms with van der Waals surface area (Å²) in [6.07, 6.45) is 0.751. The Morgan fingerprint density at radius 3 is 2.56 bits per heavy atom. The van der Waals surface area contributed by atoms with Gasteiger partial charge in [-0.15, -0.1) is 0 Å². The van der Waals surface area contributed by atoms with E-state index in [4.69, 9.17) is 5.11 Å². The van der Waals surface area contributed by atoms with Gasteiger partial charge in [-0.05, 0) is 6.07 Å². The maximum atomic E-state index is 12.9. The first kappa shape index (κ1) is 12.0. The van der Waals surface area contributed by atoms with Crippen molar-refractivity contribution in [3.05, 3.63) is 35.1 Å². The second-order valence-corrected chi connectivity index (χ2v) is 2.69. The molecule has 0 saturated carbocycles. The number of rotatable bonds is 4. The van der Waals surface area contributed by atoms with Crippen molar-refractivity contribution in [3.63, 3.8) is 0 Å². The van der Waals surface area contributed by atoms with E-state index in [0.717, 1.165) is 6.21 Å². The Morgan fingerprint density at radius 2 is 1.94 bits per heavy atom. The van der Waals surface area contributed by atoms with Crippen LogP contribution in [0.25, 0.3) is 0 Å². The molecule has 1 rings (SSSR count). The molecule has 0 spiro atoms. The predicted molar refractivity (Wildman–Crippen MR) is 47.5 cm³/mol. The second-order valence-electron chi connectivity index (χ2n) is 2.69. The van der Waals surface area contributed by atoms with Crippen molar-refractivity contribution >= 4 is 12.2 Å². The van der Waals surface area contributed by atoms with E-state index < -0.39 is 30.0 Å². The quantitative estimate of drug-likeness (QED) is 0.487. The first-order valence-corrected chi connectivity index (χ1v) is 4.02. The molecule has 0 aliphatic heterocycles. The van der Waals surface area contributed by atoms with Crippen LogP contribution in [0.1, 0.15) is 5.56 Å². The molecule has 7 heteroatoms. The first-order valence-electron chi connectivity index (χ1n) is 4.02. The Bertz CT molecular complexity index is 434. The maximum absolute atomic E-state index is 12.9. The topological polar surface area (TPSA) is 58.9 Å². The summed E-state index contributed by atoms with van der Waals surface area (Å²) >= 11 is 0. The summed E-state index contributed by atoms with van der Waals surface area (Å²) in [7, 11) is 0. The minimum absolute atomic E-state index is 0.343. The fraction of sp³-hybridized carbons (Fsp3) is 0.111. The summed E-state index contributed by atoms with van der Waals surface area (Å²) in [4.78, 5) is 14.2. The number of carbonyl (C=O) groups is 1. The molecule has 4 nitrogen and oxygen atoms in total. The summed E-state index contributed by atoms with van der Waals surface area (Å²) in [5, 5.41) is 11.2. The lowest BCUT2D eigenvalue weighted by atomic mass is 10.2. The van der Waals surface area contributed by atoms with Gasteiger partial charge in [-0.3, -0.25) is 0 Å². The minimum atomic E-state index is -1.32. The highest BCUT2D eigenvalue weighted by molar-refractivity contribution is 5.79. The van der Waals surface area contributed by atoms with E-state index in [1.54, 1.807) is 0 Å². The zero-order chi connectivity index (χ0) is 12.1. The van der Waals surface area contributed by atoms with Gasteiger partial charge in [-0.2, -0.15) is 0 Å².